The van der Waals surface area contributed by atoms with Gasteiger partial charge >= 0.3 is 7.60 Å². The largest absolute Gasteiger partial charge is 0.424 e. The van der Waals surface area contributed by atoms with Gasteiger partial charge in [0, 0.05) is 5.39 Å². The van der Waals surface area contributed by atoms with Crippen molar-refractivity contribution in [2.45, 2.75) is 6.16 Å². The second-order valence-electron chi connectivity index (χ2n) is 4.85. The van der Waals surface area contributed by atoms with Crippen LogP contribution in [0.25, 0.3) is 10.8 Å². The Hall–Kier alpha value is -2.09. The highest BCUT2D eigenvalue weighted by molar-refractivity contribution is 7.52. The smallest absolute Gasteiger partial charge is 0.381 e. The Morgan fingerprint density at radius 1 is 0.857 bits per heavy atom. The second kappa shape index (κ2) is 5.72. The first kappa shape index (κ1) is 13.9. The lowest BCUT2D eigenvalue weighted by Gasteiger charge is -2.15. The maximum Gasteiger partial charge on any atom is 0.381 e. The molecule has 0 spiro atoms. The number of hydrogen-bond donors (Lipinski definition) is 1. The van der Waals surface area contributed by atoms with E-state index in [4.69, 9.17) is 4.52 Å². The average molecular weight is 298 g/mol. The molecule has 0 fully saturated rings. The van der Waals surface area contributed by atoms with Crippen LogP contribution in [0.3, 0.4) is 0 Å². The van der Waals surface area contributed by atoms with Gasteiger partial charge in [-0.2, -0.15) is 0 Å². The van der Waals surface area contributed by atoms with Crippen molar-refractivity contribution in [2.75, 3.05) is 0 Å². The molecule has 0 heterocycles. The molecule has 3 aromatic rings. The van der Waals surface area contributed by atoms with Gasteiger partial charge in [-0.1, -0.05) is 66.7 Å². The fraction of sp³-hybridized carbons (Fsp3) is 0.0588. The van der Waals surface area contributed by atoms with E-state index < -0.39 is 7.60 Å². The van der Waals surface area contributed by atoms with Crippen LogP contribution in [0.15, 0.2) is 72.8 Å². The standard InChI is InChI=1S/C17H15O3P/c18-21(19,13-14-7-2-1-3-8-14)20-17-12-6-10-15-9-4-5-11-16(15)17/h1-12H,13H2,(H,18,19). The summed E-state index contributed by atoms with van der Waals surface area (Å²) in [4.78, 5) is 10.1. The second-order valence-corrected chi connectivity index (χ2v) is 6.62. The summed E-state index contributed by atoms with van der Waals surface area (Å²) >= 11 is 0. The summed E-state index contributed by atoms with van der Waals surface area (Å²) in [7, 11) is -3.74. The molecule has 1 atom stereocenters. The minimum atomic E-state index is -3.74. The van der Waals surface area contributed by atoms with Crippen LogP contribution in [-0.2, 0) is 10.7 Å². The highest BCUT2D eigenvalue weighted by atomic mass is 31.2. The molecule has 0 saturated carbocycles. The summed E-state index contributed by atoms with van der Waals surface area (Å²) in [6, 6.07) is 22.3. The van der Waals surface area contributed by atoms with Gasteiger partial charge in [-0.3, -0.25) is 0 Å². The molecule has 0 radical (unpaired) electrons. The fourth-order valence-electron chi connectivity index (χ4n) is 2.28. The Morgan fingerprint density at radius 3 is 2.33 bits per heavy atom. The highest BCUT2D eigenvalue weighted by Crippen LogP contribution is 2.47. The lowest BCUT2D eigenvalue weighted by molar-refractivity contribution is 0.380. The fourth-order valence-corrected chi connectivity index (χ4v) is 3.48. The van der Waals surface area contributed by atoms with E-state index >= 15 is 0 Å². The van der Waals surface area contributed by atoms with Crippen LogP contribution in [0.5, 0.6) is 5.75 Å². The van der Waals surface area contributed by atoms with E-state index in [0.29, 0.717) is 5.75 Å². The van der Waals surface area contributed by atoms with Crippen molar-refractivity contribution in [1.29, 1.82) is 0 Å². The van der Waals surface area contributed by atoms with Crippen molar-refractivity contribution in [3.8, 4) is 5.75 Å². The minimum Gasteiger partial charge on any atom is -0.424 e. The van der Waals surface area contributed by atoms with Crippen LogP contribution in [0.4, 0.5) is 0 Å². The zero-order chi connectivity index (χ0) is 14.7. The van der Waals surface area contributed by atoms with Gasteiger partial charge in [-0.15, -0.1) is 0 Å². The lowest BCUT2D eigenvalue weighted by atomic mass is 10.1. The first-order valence-corrected chi connectivity index (χ1v) is 8.43. The molecule has 0 aliphatic heterocycles. The molecular formula is C17H15O3P. The Morgan fingerprint density at radius 2 is 1.52 bits per heavy atom. The number of benzene rings is 3. The van der Waals surface area contributed by atoms with E-state index in [1.807, 2.05) is 66.7 Å². The van der Waals surface area contributed by atoms with E-state index in [1.165, 1.54) is 0 Å². The van der Waals surface area contributed by atoms with Crippen molar-refractivity contribution < 1.29 is 14.0 Å². The molecule has 0 bridgehead atoms. The summed E-state index contributed by atoms with van der Waals surface area (Å²) in [6.07, 6.45) is -0.00292. The van der Waals surface area contributed by atoms with Crippen molar-refractivity contribution >= 4 is 18.4 Å². The van der Waals surface area contributed by atoms with Gasteiger partial charge in [0.1, 0.15) is 5.75 Å². The molecule has 106 valence electrons. The summed E-state index contributed by atoms with van der Waals surface area (Å²) in [5.41, 5.74) is 0.781. The zero-order valence-corrected chi connectivity index (χ0v) is 12.2. The summed E-state index contributed by atoms with van der Waals surface area (Å²) in [5.74, 6) is 0.440. The van der Waals surface area contributed by atoms with Gasteiger partial charge < -0.3 is 9.42 Å². The maximum absolute atomic E-state index is 12.3. The third kappa shape index (κ3) is 3.33. The molecule has 1 unspecified atom stereocenters. The molecule has 4 heteroatoms. The van der Waals surface area contributed by atoms with Crippen molar-refractivity contribution in [2.24, 2.45) is 0 Å². The van der Waals surface area contributed by atoms with Gasteiger partial charge in [0.05, 0.1) is 6.16 Å². The van der Waals surface area contributed by atoms with E-state index in [0.717, 1.165) is 16.3 Å². The predicted octanol–water partition coefficient (Wildman–Crippen LogP) is 4.60. The molecule has 0 amide bonds. The molecule has 1 N–H and O–H groups in total. The topological polar surface area (TPSA) is 46.5 Å². The third-order valence-corrected chi connectivity index (χ3v) is 4.46. The number of hydrogen-bond acceptors (Lipinski definition) is 2. The number of fused-ring (bicyclic) bond motifs is 1. The van der Waals surface area contributed by atoms with Crippen LogP contribution in [-0.4, -0.2) is 4.89 Å². The van der Waals surface area contributed by atoms with E-state index in [2.05, 4.69) is 0 Å². The zero-order valence-electron chi connectivity index (χ0n) is 11.3. The molecular weight excluding hydrogens is 283 g/mol. The minimum absolute atomic E-state index is 0.00292. The first-order valence-electron chi connectivity index (χ1n) is 6.67. The molecule has 3 aromatic carbocycles. The van der Waals surface area contributed by atoms with Gasteiger partial charge in [0.15, 0.2) is 0 Å². The molecule has 21 heavy (non-hydrogen) atoms. The highest BCUT2D eigenvalue weighted by Gasteiger charge is 2.22. The van der Waals surface area contributed by atoms with Crippen LogP contribution in [0.1, 0.15) is 5.56 Å². The van der Waals surface area contributed by atoms with Gasteiger partial charge in [0.25, 0.3) is 0 Å². The SMILES string of the molecule is O=P(O)(Cc1ccccc1)Oc1cccc2ccccc12. The molecule has 3 nitrogen and oxygen atoms in total. The van der Waals surface area contributed by atoms with Crippen molar-refractivity contribution in [3.63, 3.8) is 0 Å². The maximum atomic E-state index is 12.3. The first-order chi connectivity index (χ1) is 10.1. The Bertz CT molecular complexity index is 794. The monoisotopic (exact) mass is 298 g/mol. The number of rotatable bonds is 4. The molecule has 0 saturated heterocycles. The lowest BCUT2D eigenvalue weighted by Crippen LogP contribution is -1.96. The predicted molar refractivity (Wildman–Crippen MR) is 84.5 cm³/mol. The van der Waals surface area contributed by atoms with E-state index in [9.17, 15) is 9.46 Å². The Labute approximate surface area is 123 Å². The molecule has 0 aliphatic rings. The van der Waals surface area contributed by atoms with E-state index in [1.54, 1.807) is 6.07 Å². The average Bonchev–Trinajstić information content (AvgIpc) is 2.48. The van der Waals surface area contributed by atoms with Crippen molar-refractivity contribution in [1.82, 2.24) is 0 Å². The Balaban J connectivity index is 1.89. The summed E-state index contributed by atoms with van der Waals surface area (Å²) in [6.45, 7) is 0. The molecule has 3 rings (SSSR count). The van der Waals surface area contributed by atoms with Gasteiger partial charge in [-0.05, 0) is 17.0 Å². The molecule has 0 aliphatic carbocycles. The van der Waals surface area contributed by atoms with Crippen LogP contribution < -0.4 is 4.52 Å². The van der Waals surface area contributed by atoms with E-state index in [-0.39, 0.29) is 6.16 Å². The van der Waals surface area contributed by atoms with Gasteiger partial charge in [0.2, 0.25) is 0 Å². The van der Waals surface area contributed by atoms with Crippen LogP contribution in [0.2, 0.25) is 0 Å². The van der Waals surface area contributed by atoms with Crippen LogP contribution >= 0.6 is 7.60 Å². The quantitative estimate of drug-likeness (QED) is 0.716. The third-order valence-electron chi connectivity index (χ3n) is 3.22. The molecule has 0 aromatic heterocycles. The van der Waals surface area contributed by atoms with Crippen molar-refractivity contribution in [3.05, 3.63) is 78.4 Å². The van der Waals surface area contributed by atoms with Crippen LogP contribution in [0, 0.1) is 0 Å². The van der Waals surface area contributed by atoms with Gasteiger partial charge in [-0.25, -0.2) is 4.57 Å². The summed E-state index contributed by atoms with van der Waals surface area (Å²) < 4.78 is 17.8. The summed E-state index contributed by atoms with van der Waals surface area (Å²) in [5, 5.41) is 1.82. The Kier molecular flexibility index (Phi) is 3.78. The normalized spacial score (nSPS) is 13.8.